The second-order valence-corrected chi connectivity index (χ2v) is 6.62. The summed E-state index contributed by atoms with van der Waals surface area (Å²) >= 11 is 1.83. The number of rotatable bonds is 4. The molecular formula is C15H26N2OS. The summed E-state index contributed by atoms with van der Waals surface area (Å²) < 4.78 is 5.95. The van der Waals surface area contributed by atoms with E-state index in [4.69, 9.17) is 9.72 Å². The van der Waals surface area contributed by atoms with Gasteiger partial charge in [0.2, 0.25) is 0 Å². The molecule has 1 fully saturated rings. The molecule has 0 spiro atoms. The van der Waals surface area contributed by atoms with E-state index in [1.807, 2.05) is 25.5 Å². The van der Waals surface area contributed by atoms with Gasteiger partial charge in [-0.1, -0.05) is 25.7 Å². The van der Waals surface area contributed by atoms with Gasteiger partial charge < -0.3 is 10.1 Å². The van der Waals surface area contributed by atoms with E-state index >= 15 is 0 Å². The van der Waals surface area contributed by atoms with Crippen LogP contribution in [0.25, 0.3) is 0 Å². The first-order chi connectivity index (χ1) is 9.13. The lowest BCUT2D eigenvalue weighted by atomic mass is 9.95. The van der Waals surface area contributed by atoms with E-state index in [9.17, 15) is 0 Å². The van der Waals surface area contributed by atoms with Crippen molar-refractivity contribution in [1.82, 2.24) is 10.3 Å². The Morgan fingerprint density at radius 1 is 1.26 bits per heavy atom. The van der Waals surface area contributed by atoms with Crippen molar-refractivity contribution in [2.24, 2.45) is 0 Å². The molecule has 0 saturated heterocycles. The zero-order valence-electron chi connectivity index (χ0n) is 12.6. The lowest BCUT2D eigenvalue weighted by Crippen LogP contribution is -2.27. The van der Waals surface area contributed by atoms with Crippen LogP contribution in [-0.4, -0.2) is 19.1 Å². The molecule has 1 saturated carbocycles. The van der Waals surface area contributed by atoms with Gasteiger partial charge >= 0.3 is 0 Å². The van der Waals surface area contributed by atoms with Gasteiger partial charge in [-0.15, -0.1) is 11.3 Å². The van der Waals surface area contributed by atoms with Gasteiger partial charge in [-0.25, -0.2) is 4.98 Å². The van der Waals surface area contributed by atoms with Crippen LogP contribution < -0.4 is 5.32 Å². The summed E-state index contributed by atoms with van der Waals surface area (Å²) in [6.07, 6.45) is 7.39. The van der Waals surface area contributed by atoms with Crippen LogP contribution in [0.5, 0.6) is 0 Å². The molecule has 1 aromatic heterocycles. The van der Waals surface area contributed by atoms with E-state index in [-0.39, 0.29) is 5.60 Å². The molecular weight excluding hydrogens is 256 g/mol. The lowest BCUT2D eigenvalue weighted by Gasteiger charge is -2.29. The highest BCUT2D eigenvalue weighted by Crippen LogP contribution is 2.42. The van der Waals surface area contributed by atoms with E-state index < -0.39 is 0 Å². The molecule has 0 bridgehead atoms. The Morgan fingerprint density at radius 3 is 2.42 bits per heavy atom. The predicted octanol–water partition coefficient (Wildman–Crippen LogP) is 3.93. The van der Waals surface area contributed by atoms with E-state index in [1.54, 1.807) is 0 Å². The Bertz CT molecular complexity index is 408. The molecule has 2 rings (SSSR count). The van der Waals surface area contributed by atoms with Crippen LogP contribution in [0, 0.1) is 6.92 Å². The van der Waals surface area contributed by atoms with Crippen molar-refractivity contribution in [3.63, 3.8) is 0 Å². The minimum Gasteiger partial charge on any atom is -0.371 e. The number of nitrogens with one attached hydrogen (secondary N) is 1. The molecule has 0 aromatic carbocycles. The average molecular weight is 282 g/mol. The van der Waals surface area contributed by atoms with Crippen molar-refractivity contribution in [3.8, 4) is 0 Å². The van der Waals surface area contributed by atoms with Crippen LogP contribution in [0.4, 0.5) is 0 Å². The van der Waals surface area contributed by atoms with Gasteiger partial charge in [0.25, 0.3) is 0 Å². The van der Waals surface area contributed by atoms with E-state index in [0.717, 1.165) is 18.5 Å². The summed E-state index contributed by atoms with van der Waals surface area (Å²) in [7, 11) is 3.85. The SMILES string of the molecule is CNC(C)c1sc(C2(OC)CCCCCC2)nc1C. The number of aromatic nitrogens is 1. The first-order valence-corrected chi connectivity index (χ1v) is 8.15. The van der Waals surface area contributed by atoms with Crippen molar-refractivity contribution in [2.75, 3.05) is 14.2 Å². The number of aryl methyl sites for hydroxylation is 1. The fraction of sp³-hybridized carbons (Fsp3) is 0.800. The van der Waals surface area contributed by atoms with Gasteiger partial charge in [0.05, 0.1) is 5.69 Å². The largest absolute Gasteiger partial charge is 0.371 e. The summed E-state index contributed by atoms with van der Waals surface area (Å²) in [5.41, 5.74) is 1.03. The van der Waals surface area contributed by atoms with E-state index in [1.165, 1.54) is 35.6 Å². The number of ether oxygens (including phenoxy) is 1. The van der Waals surface area contributed by atoms with Gasteiger partial charge in [-0.3, -0.25) is 0 Å². The second-order valence-electron chi connectivity index (χ2n) is 5.59. The molecule has 0 aliphatic heterocycles. The molecule has 19 heavy (non-hydrogen) atoms. The zero-order chi connectivity index (χ0) is 13.9. The minimum absolute atomic E-state index is 0.127. The van der Waals surface area contributed by atoms with Crippen molar-refractivity contribution in [2.45, 2.75) is 64.0 Å². The molecule has 1 heterocycles. The Kier molecular flexibility index (Phi) is 4.98. The molecule has 1 unspecified atom stereocenters. The normalized spacial score (nSPS) is 21.1. The maximum atomic E-state index is 5.95. The summed E-state index contributed by atoms with van der Waals surface area (Å²) in [5, 5.41) is 4.50. The number of nitrogens with zero attached hydrogens (tertiary/aromatic N) is 1. The third-order valence-electron chi connectivity index (χ3n) is 4.35. The Morgan fingerprint density at radius 2 is 1.89 bits per heavy atom. The summed E-state index contributed by atoms with van der Waals surface area (Å²) in [6, 6.07) is 0.367. The average Bonchev–Trinajstić information content (AvgIpc) is 2.67. The predicted molar refractivity (Wildman–Crippen MR) is 80.7 cm³/mol. The van der Waals surface area contributed by atoms with E-state index in [0.29, 0.717) is 6.04 Å². The smallest absolute Gasteiger partial charge is 0.125 e. The third kappa shape index (κ3) is 3.01. The molecule has 0 radical (unpaired) electrons. The van der Waals surface area contributed by atoms with Gasteiger partial charge in [0.1, 0.15) is 10.6 Å². The van der Waals surface area contributed by atoms with Gasteiger partial charge in [-0.05, 0) is 33.7 Å². The van der Waals surface area contributed by atoms with Gasteiger partial charge in [-0.2, -0.15) is 0 Å². The number of thiazole rings is 1. The number of methoxy groups -OCH3 is 1. The standard InChI is InChI=1S/C15H26N2OS/c1-11(16-3)13-12(2)17-14(19-13)15(18-4)9-7-5-6-8-10-15/h11,16H,5-10H2,1-4H3. The van der Waals surface area contributed by atoms with Crippen LogP contribution in [0.3, 0.4) is 0 Å². The number of hydrogen-bond acceptors (Lipinski definition) is 4. The quantitative estimate of drug-likeness (QED) is 0.850. The van der Waals surface area contributed by atoms with E-state index in [2.05, 4.69) is 19.2 Å². The fourth-order valence-electron chi connectivity index (χ4n) is 2.94. The first kappa shape index (κ1) is 14.9. The third-order valence-corrected chi connectivity index (χ3v) is 5.88. The summed E-state index contributed by atoms with van der Waals surface area (Å²) in [5.74, 6) is 0. The van der Waals surface area contributed by atoms with Crippen LogP contribution in [0.15, 0.2) is 0 Å². The topological polar surface area (TPSA) is 34.1 Å². The molecule has 0 amide bonds. The summed E-state index contributed by atoms with van der Waals surface area (Å²) in [4.78, 5) is 6.19. The van der Waals surface area contributed by atoms with Crippen molar-refractivity contribution in [1.29, 1.82) is 0 Å². The zero-order valence-corrected chi connectivity index (χ0v) is 13.4. The maximum Gasteiger partial charge on any atom is 0.125 e. The highest BCUT2D eigenvalue weighted by Gasteiger charge is 2.36. The fourth-order valence-corrected chi connectivity index (χ4v) is 4.29. The van der Waals surface area contributed by atoms with Gasteiger partial charge in [0.15, 0.2) is 0 Å². The van der Waals surface area contributed by atoms with Crippen molar-refractivity contribution in [3.05, 3.63) is 15.6 Å². The molecule has 1 aromatic rings. The van der Waals surface area contributed by atoms with Crippen LogP contribution in [0.2, 0.25) is 0 Å². The Labute approximate surface area is 120 Å². The Balaban J connectivity index is 2.32. The molecule has 1 aliphatic rings. The molecule has 1 aliphatic carbocycles. The highest BCUT2D eigenvalue weighted by atomic mass is 32.1. The van der Waals surface area contributed by atoms with Crippen LogP contribution in [-0.2, 0) is 10.3 Å². The van der Waals surface area contributed by atoms with Crippen LogP contribution >= 0.6 is 11.3 Å². The van der Waals surface area contributed by atoms with Crippen molar-refractivity contribution < 1.29 is 4.74 Å². The second kappa shape index (κ2) is 6.33. The Hall–Kier alpha value is -0.450. The maximum absolute atomic E-state index is 5.95. The lowest BCUT2D eigenvalue weighted by molar-refractivity contribution is -0.0280. The molecule has 1 N–H and O–H groups in total. The van der Waals surface area contributed by atoms with Gasteiger partial charge in [0, 0.05) is 18.0 Å². The van der Waals surface area contributed by atoms with Crippen LogP contribution in [0.1, 0.15) is 67.1 Å². The molecule has 1 atom stereocenters. The highest BCUT2D eigenvalue weighted by molar-refractivity contribution is 7.12. The first-order valence-electron chi connectivity index (χ1n) is 7.33. The molecule has 4 heteroatoms. The number of hydrogen-bond donors (Lipinski definition) is 1. The minimum atomic E-state index is -0.127. The van der Waals surface area contributed by atoms with Crippen molar-refractivity contribution >= 4 is 11.3 Å². The monoisotopic (exact) mass is 282 g/mol. The molecule has 108 valence electrons. The molecule has 3 nitrogen and oxygen atoms in total. The summed E-state index contributed by atoms with van der Waals surface area (Å²) in [6.45, 7) is 4.31.